The largest absolute Gasteiger partial charge is 0.497 e. The molecule has 0 bridgehead atoms. The molecular formula is C17H18O4. The molecule has 0 saturated heterocycles. The number of hydrogen-bond acceptors (Lipinski definition) is 4. The fourth-order valence-electron chi connectivity index (χ4n) is 1.79. The summed E-state index contributed by atoms with van der Waals surface area (Å²) in [6.07, 6.45) is 0.00155. The Labute approximate surface area is 124 Å². The molecule has 0 aromatic heterocycles. The van der Waals surface area contributed by atoms with E-state index in [1.165, 1.54) is 0 Å². The standard InChI is InChI=1S/C17H18O4/c1-12(2)20-15-9-4-5-10-16(15)21-17(18)13-7-6-8-14(11-13)19-3/h4-12H,1-3H3. The van der Waals surface area contributed by atoms with Gasteiger partial charge in [-0.1, -0.05) is 18.2 Å². The number of ether oxygens (including phenoxy) is 3. The van der Waals surface area contributed by atoms with Gasteiger partial charge < -0.3 is 14.2 Å². The van der Waals surface area contributed by atoms with Crippen LogP contribution in [0.15, 0.2) is 48.5 Å². The molecule has 0 amide bonds. The lowest BCUT2D eigenvalue weighted by atomic mass is 10.2. The quantitative estimate of drug-likeness (QED) is 0.621. The zero-order valence-corrected chi connectivity index (χ0v) is 12.3. The minimum atomic E-state index is -0.450. The smallest absolute Gasteiger partial charge is 0.343 e. The van der Waals surface area contributed by atoms with Gasteiger partial charge in [-0.25, -0.2) is 4.79 Å². The van der Waals surface area contributed by atoms with Gasteiger partial charge in [-0.2, -0.15) is 0 Å². The maximum Gasteiger partial charge on any atom is 0.343 e. The van der Waals surface area contributed by atoms with Crippen molar-refractivity contribution in [3.63, 3.8) is 0 Å². The van der Waals surface area contributed by atoms with Crippen molar-refractivity contribution in [2.24, 2.45) is 0 Å². The first-order chi connectivity index (χ1) is 10.1. The Morgan fingerprint density at radius 3 is 2.38 bits per heavy atom. The van der Waals surface area contributed by atoms with Gasteiger partial charge in [-0.15, -0.1) is 0 Å². The molecule has 0 atom stereocenters. The highest BCUT2D eigenvalue weighted by Gasteiger charge is 2.13. The normalized spacial score (nSPS) is 10.3. The zero-order valence-electron chi connectivity index (χ0n) is 12.3. The van der Waals surface area contributed by atoms with E-state index in [1.807, 2.05) is 19.9 Å². The summed E-state index contributed by atoms with van der Waals surface area (Å²) in [6, 6.07) is 13.9. The second-order valence-corrected chi connectivity index (χ2v) is 4.73. The van der Waals surface area contributed by atoms with Crippen LogP contribution in [0.2, 0.25) is 0 Å². The summed E-state index contributed by atoms with van der Waals surface area (Å²) in [5.41, 5.74) is 0.425. The fraction of sp³-hybridized carbons (Fsp3) is 0.235. The van der Waals surface area contributed by atoms with Gasteiger partial charge in [0.05, 0.1) is 18.8 Å². The summed E-state index contributed by atoms with van der Waals surface area (Å²) in [6.45, 7) is 3.83. The van der Waals surface area contributed by atoms with Crippen LogP contribution < -0.4 is 14.2 Å². The van der Waals surface area contributed by atoms with E-state index in [2.05, 4.69) is 0 Å². The second kappa shape index (κ2) is 6.79. The van der Waals surface area contributed by atoms with Crippen LogP contribution in [0.5, 0.6) is 17.2 Å². The predicted octanol–water partition coefficient (Wildman–Crippen LogP) is 3.70. The van der Waals surface area contributed by atoms with E-state index >= 15 is 0 Å². The molecule has 0 saturated carbocycles. The number of benzene rings is 2. The highest BCUT2D eigenvalue weighted by Crippen LogP contribution is 2.28. The van der Waals surface area contributed by atoms with E-state index < -0.39 is 5.97 Å². The Balaban J connectivity index is 2.19. The number of hydrogen-bond donors (Lipinski definition) is 0. The van der Waals surface area contributed by atoms with E-state index in [1.54, 1.807) is 49.6 Å². The van der Waals surface area contributed by atoms with Crippen molar-refractivity contribution in [3.8, 4) is 17.2 Å². The monoisotopic (exact) mass is 286 g/mol. The predicted molar refractivity (Wildman–Crippen MR) is 80.2 cm³/mol. The maximum atomic E-state index is 12.2. The molecular weight excluding hydrogens is 268 g/mol. The van der Waals surface area contributed by atoms with Crippen molar-refractivity contribution >= 4 is 5.97 Å². The van der Waals surface area contributed by atoms with Gasteiger partial charge in [0.25, 0.3) is 0 Å². The minimum absolute atomic E-state index is 0.00155. The summed E-state index contributed by atoms with van der Waals surface area (Å²) in [5, 5.41) is 0. The van der Waals surface area contributed by atoms with E-state index in [-0.39, 0.29) is 6.10 Å². The third-order valence-electron chi connectivity index (χ3n) is 2.72. The van der Waals surface area contributed by atoms with Gasteiger partial charge in [0.15, 0.2) is 11.5 Å². The number of para-hydroxylation sites is 2. The van der Waals surface area contributed by atoms with Crippen LogP contribution in [0.25, 0.3) is 0 Å². The minimum Gasteiger partial charge on any atom is -0.497 e. The molecule has 2 aromatic carbocycles. The molecule has 0 radical (unpaired) electrons. The van der Waals surface area contributed by atoms with E-state index in [0.29, 0.717) is 22.8 Å². The van der Waals surface area contributed by atoms with Crippen LogP contribution in [0, 0.1) is 0 Å². The Kier molecular flexibility index (Phi) is 4.82. The van der Waals surface area contributed by atoms with Crippen LogP contribution in [-0.2, 0) is 0 Å². The third kappa shape index (κ3) is 3.99. The Morgan fingerprint density at radius 2 is 1.71 bits per heavy atom. The number of carbonyl (C=O) groups excluding carboxylic acids is 1. The highest BCUT2D eigenvalue weighted by molar-refractivity contribution is 5.91. The molecule has 0 aliphatic heterocycles. The first-order valence-corrected chi connectivity index (χ1v) is 6.72. The van der Waals surface area contributed by atoms with E-state index in [0.717, 1.165) is 0 Å². The molecule has 2 rings (SSSR count). The average molecular weight is 286 g/mol. The van der Waals surface area contributed by atoms with Crippen molar-refractivity contribution < 1.29 is 19.0 Å². The zero-order chi connectivity index (χ0) is 15.2. The number of rotatable bonds is 5. The van der Waals surface area contributed by atoms with Gasteiger partial charge in [0, 0.05) is 0 Å². The van der Waals surface area contributed by atoms with Crippen LogP contribution >= 0.6 is 0 Å². The second-order valence-electron chi connectivity index (χ2n) is 4.73. The number of esters is 1. The van der Waals surface area contributed by atoms with Crippen molar-refractivity contribution in [2.75, 3.05) is 7.11 Å². The molecule has 0 fully saturated rings. The first-order valence-electron chi connectivity index (χ1n) is 6.72. The maximum absolute atomic E-state index is 12.2. The van der Waals surface area contributed by atoms with Crippen molar-refractivity contribution in [1.82, 2.24) is 0 Å². The molecule has 0 spiro atoms. The number of methoxy groups -OCH3 is 1. The summed E-state index contributed by atoms with van der Waals surface area (Å²) in [4.78, 5) is 12.2. The van der Waals surface area contributed by atoms with Crippen molar-refractivity contribution in [3.05, 3.63) is 54.1 Å². The highest BCUT2D eigenvalue weighted by atomic mass is 16.6. The molecule has 4 nitrogen and oxygen atoms in total. The Morgan fingerprint density at radius 1 is 1.00 bits per heavy atom. The summed E-state index contributed by atoms with van der Waals surface area (Å²) >= 11 is 0. The molecule has 0 aliphatic carbocycles. The van der Waals surface area contributed by atoms with Gasteiger partial charge in [0.1, 0.15) is 5.75 Å². The SMILES string of the molecule is COc1cccc(C(=O)Oc2ccccc2OC(C)C)c1. The molecule has 0 unspecified atom stereocenters. The third-order valence-corrected chi connectivity index (χ3v) is 2.72. The molecule has 110 valence electrons. The van der Waals surface area contributed by atoms with Gasteiger partial charge >= 0.3 is 5.97 Å². The lowest BCUT2D eigenvalue weighted by molar-refractivity contribution is 0.0724. The van der Waals surface area contributed by atoms with E-state index in [4.69, 9.17) is 14.2 Å². The Hall–Kier alpha value is -2.49. The number of carbonyl (C=O) groups is 1. The van der Waals surface area contributed by atoms with Crippen LogP contribution in [0.1, 0.15) is 24.2 Å². The summed E-state index contributed by atoms with van der Waals surface area (Å²) in [5.74, 6) is 1.10. The van der Waals surface area contributed by atoms with Crippen LogP contribution in [0.3, 0.4) is 0 Å². The Bertz CT molecular complexity index is 620. The molecule has 21 heavy (non-hydrogen) atoms. The molecule has 0 heterocycles. The van der Waals surface area contributed by atoms with Crippen LogP contribution in [-0.4, -0.2) is 19.2 Å². The lowest BCUT2D eigenvalue weighted by Gasteiger charge is -2.14. The first kappa shape index (κ1) is 14.9. The van der Waals surface area contributed by atoms with Gasteiger partial charge in [-0.3, -0.25) is 0 Å². The van der Waals surface area contributed by atoms with Crippen molar-refractivity contribution in [2.45, 2.75) is 20.0 Å². The molecule has 4 heteroatoms. The lowest BCUT2D eigenvalue weighted by Crippen LogP contribution is -2.11. The molecule has 0 N–H and O–H groups in total. The molecule has 2 aromatic rings. The van der Waals surface area contributed by atoms with Gasteiger partial charge in [-0.05, 0) is 44.2 Å². The molecule has 0 aliphatic rings. The van der Waals surface area contributed by atoms with Crippen molar-refractivity contribution in [1.29, 1.82) is 0 Å². The van der Waals surface area contributed by atoms with Crippen LogP contribution in [0.4, 0.5) is 0 Å². The topological polar surface area (TPSA) is 44.8 Å². The van der Waals surface area contributed by atoms with Gasteiger partial charge in [0.2, 0.25) is 0 Å². The fourth-order valence-corrected chi connectivity index (χ4v) is 1.79. The summed E-state index contributed by atoms with van der Waals surface area (Å²) < 4.78 is 16.1. The summed E-state index contributed by atoms with van der Waals surface area (Å²) in [7, 11) is 1.55. The average Bonchev–Trinajstić information content (AvgIpc) is 2.48. The van der Waals surface area contributed by atoms with E-state index in [9.17, 15) is 4.79 Å².